The van der Waals surface area contributed by atoms with Gasteiger partial charge in [-0.15, -0.1) is 0 Å². The fourth-order valence-corrected chi connectivity index (χ4v) is 0. The summed E-state index contributed by atoms with van der Waals surface area (Å²) in [4.78, 5) is 8.25. The molecule has 44 valence electrons. The van der Waals surface area contributed by atoms with Gasteiger partial charge in [-0.2, -0.15) is 0 Å². The molecule has 0 amide bonds. The Labute approximate surface area is 79.9 Å². The minimum absolute atomic E-state index is 0. The summed E-state index contributed by atoms with van der Waals surface area (Å²) in [5.74, 6) is 0. The van der Waals surface area contributed by atoms with Crippen LogP contribution in [-0.2, 0) is 0 Å². The minimum atomic E-state index is -1.75. The second-order valence-corrected chi connectivity index (χ2v) is 0.224. The molecule has 4 N–H and O–H groups in total. The molecule has 0 unspecified atom stereocenters. The number of halogens is 1. The standard InChI is InChI=1S/Ce.ClH.NO3.H3N/c;;2-1(3)4;/h;1H;;1H3/q;;-1;. The Hall–Kier alpha value is 0.827. The molecule has 0 saturated carbocycles. The van der Waals surface area contributed by atoms with E-state index >= 15 is 0 Å². The zero-order chi connectivity index (χ0) is 3.58. The van der Waals surface area contributed by atoms with Crippen LogP contribution in [0.15, 0.2) is 0 Å². The average Bonchev–Trinajstić information content (AvgIpc) is 0.811. The summed E-state index contributed by atoms with van der Waals surface area (Å²) in [7, 11) is 0. The Bertz CT molecular complexity index is 35.9. The SMILES string of the molecule is O=[N+]([O-])[O-].[Ce].[Cl-].[NH4+]. The summed E-state index contributed by atoms with van der Waals surface area (Å²) >= 11 is 0. The summed E-state index contributed by atoms with van der Waals surface area (Å²) in [6.07, 6.45) is 0. The number of hydrogen-bond acceptors (Lipinski definition) is 3. The summed E-state index contributed by atoms with van der Waals surface area (Å²) in [6.45, 7) is 0. The van der Waals surface area contributed by atoms with Crippen molar-refractivity contribution >= 4 is 0 Å². The molecule has 0 heterocycles. The van der Waals surface area contributed by atoms with Gasteiger partial charge in [0.2, 0.25) is 0 Å². The Morgan fingerprint density at radius 1 is 1.29 bits per heavy atom. The molecule has 0 aliphatic rings. The quantitative estimate of drug-likeness (QED) is 0.372. The zero-order valence-electron chi connectivity index (χ0n) is 3.55. The molecule has 7 heteroatoms. The van der Waals surface area contributed by atoms with Gasteiger partial charge >= 0.3 is 0 Å². The maximum absolute atomic E-state index is 8.25. The zero-order valence-corrected chi connectivity index (χ0v) is 7.45. The average molecular weight is 256 g/mol. The molecule has 0 rings (SSSR count). The van der Waals surface area contributed by atoms with Gasteiger partial charge in [-0.05, 0) is 0 Å². The van der Waals surface area contributed by atoms with Gasteiger partial charge in [-0.1, -0.05) is 0 Å². The molecule has 0 aliphatic carbocycles. The third kappa shape index (κ3) is 233. The molecule has 0 bridgehead atoms. The molecule has 0 spiro atoms. The van der Waals surface area contributed by atoms with Gasteiger partial charge in [-0.3, -0.25) is 0 Å². The first kappa shape index (κ1) is 24.9. The maximum atomic E-state index is 8.25. The number of hydrogen-bond donors (Lipinski definition) is 1. The van der Waals surface area contributed by atoms with Gasteiger partial charge in [0.25, 0.3) is 0 Å². The van der Waals surface area contributed by atoms with Crippen LogP contribution in [0, 0.1) is 57.1 Å². The Morgan fingerprint density at radius 2 is 1.29 bits per heavy atom. The summed E-state index contributed by atoms with van der Waals surface area (Å²) in [6, 6.07) is 0. The van der Waals surface area contributed by atoms with Crippen molar-refractivity contribution in [3.63, 3.8) is 0 Å². The third-order valence-corrected chi connectivity index (χ3v) is 0. The molecule has 0 aromatic carbocycles. The molecule has 0 saturated heterocycles. The fraction of sp³-hybridized carbons (Fsp3) is 0. The first-order chi connectivity index (χ1) is 1.73. The molecule has 0 aromatic rings. The number of rotatable bonds is 0. The van der Waals surface area contributed by atoms with E-state index in [0.29, 0.717) is 0 Å². The van der Waals surface area contributed by atoms with Gasteiger partial charge in [0.15, 0.2) is 0 Å². The van der Waals surface area contributed by atoms with Gasteiger partial charge < -0.3 is 33.9 Å². The van der Waals surface area contributed by atoms with E-state index in [0.717, 1.165) is 0 Å². The Morgan fingerprint density at radius 3 is 1.29 bits per heavy atom. The maximum Gasteiger partial charge on any atom is 0.0689 e. The van der Waals surface area contributed by atoms with Crippen molar-refractivity contribution in [2.24, 2.45) is 0 Å². The van der Waals surface area contributed by atoms with Gasteiger partial charge in [0.1, 0.15) is 0 Å². The molecular weight excluding hydrogens is 252 g/mol. The van der Waals surface area contributed by atoms with E-state index in [9.17, 15) is 0 Å². The van der Waals surface area contributed by atoms with Crippen molar-refractivity contribution in [1.82, 2.24) is 6.15 Å². The van der Waals surface area contributed by atoms with E-state index in [2.05, 4.69) is 0 Å². The van der Waals surface area contributed by atoms with E-state index in [-0.39, 0.29) is 60.3 Å². The van der Waals surface area contributed by atoms with Gasteiger partial charge in [-0.25, -0.2) is 0 Å². The molecule has 0 aromatic heterocycles. The van der Waals surface area contributed by atoms with Crippen molar-refractivity contribution in [1.29, 1.82) is 0 Å². The smallest absolute Gasteiger partial charge is 0.0689 e. The first-order valence-corrected chi connectivity index (χ1v) is 0.548. The van der Waals surface area contributed by atoms with Crippen molar-refractivity contribution < 1.29 is 59.2 Å². The van der Waals surface area contributed by atoms with Crippen LogP contribution in [0.2, 0.25) is 0 Å². The van der Waals surface area contributed by atoms with Crippen molar-refractivity contribution in [2.45, 2.75) is 0 Å². The molecule has 7 heavy (non-hydrogen) atoms. The van der Waals surface area contributed by atoms with Gasteiger partial charge in [0, 0.05) is 41.7 Å². The molecule has 5 nitrogen and oxygen atoms in total. The van der Waals surface area contributed by atoms with Crippen molar-refractivity contribution in [2.75, 3.05) is 0 Å². The predicted molar refractivity (Wildman–Crippen MR) is 16.3 cm³/mol. The topological polar surface area (TPSA) is 103 Å². The van der Waals surface area contributed by atoms with Crippen LogP contribution in [0.25, 0.3) is 0 Å². The van der Waals surface area contributed by atoms with Crippen LogP contribution >= 0.6 is 0 Å². The van der Waals surface area contributed by atoms with Crippen LogP contribution in [0.4, 0.5) is 0 Å². The number of quaternary nitrogens is 1. The Balaban J connectivity index is -0.0000000150. The Kier molecular flexibility index (Phi) is 56.3. The minimum Gasteiger partial charge on any atom is -1.00 e. The van der Waals surface area contributed by atoms with Crippen molar-refractivity contribution in [3.05, 3.63) is 15.3 Å². The summed E-state index contributed by atoms with van der Waals surface area (Å²) in [5.41, 5.74) is 0. The molecule has 0 aliphatic heterocycles. The van der Waals surface area contributed by atoms with Crippen LogP contribution in [0.3, 0.4) is 0 Å². The largest absolute Gasteiger partial charge is 1.00 e. The van der Waals surface area contributed by atoms with Gasteiger partial charge in [0.05, 0.1) is 5.09 Å². The van der Waals surface area contributed by atoms with E-state index in [1.54, 1.807) is 0 Å². The van der Waals surface area contributed by atoms with E-state index < -0.39 is 5.09 Å². The summed E-state index contributed by atoms with van der Waals surface area (Å²) in [5, 5.41) is 14.8. The van der Waals surface area contributed by atoms with Crippen LogP contribution in [0.5, 0.6) is 0 Å². The van der Waals surface area contributed by atoms with E-state index in [4.69, 9.17) is 15.3 Å². The van der Waals surface area contributed by atoms with Crippen LogP contribution in [-0.4, -0.2) is 5.09 Å². The molecule has 0 atom stereocenters. The van der Waals surface area contributed by atoms with E-state index in [1.165, 1.54) is 0 Å². The first-order valence-electron chi connectivity index (χ1n) is 0.548. The van der Waals surface area contributed by atoms with Crippen molar-refractivity contribution in [3.8, 4) is 0 Å². The third-order valence-electron chi connectivity index (χ3n) is 0. The van der Waals surface area contributed by atoms with Crippen LogP contribution in [0.1, 0.15) is 0 Å². The normalized spacial score (nSPS) is 3.43. The second kappa shape index (κ2) is 15.8. The monoisotopic (exact) mass is 255 g/mol. The summed E-state index contributed by atoms with van der Waals surface area (Å²) < 4.78 is 0. The number of nitrogens with zero attached hydrogens (tertiary/aromatic N) is 1. The van der Waals surface area contributed by atoms with Crippen LogP contribution < -0.4 is 18.6 Å². The molecular formula is H4CeClN2O3-. The second-order valence-electron chi connectivity index (χ2n) is 0.224. The fourth-order valence-electron chi connectivity index (χ4n) is 0. The molecule has 0 fully saturated rings. The predicted octanol–water partition coefficient (Wildman–Crippen LogP) is -2.86. The molecule has 0 radical (unpaired) electrons. The van der Waals surface area contributed by atoms with E-state index in [1.807, 2.05) is 0 Å².